The first-order chi connectivity index (χ1) is 15.5. The molecule has 5 aromatic rings. The van der Waals surface area contributed by atoms with Crippen LogP contribution in [0.25, 0.3) is 39.4 Å². The Morgan fingerprint density at radius 2 is 1.66 bits per heavy atom. The van der Waals surface area contributed by atoms with Gasteiger partial charge < -0.3 is 10.8 Å². The summed E-state index contributed by atoms with van der Waals surface area (Å²) in [5.41, 5.74) is 12.4. The van der Waals surface area contributed by atoms with E-state index < -0.39 is 5.97 Å². The summed E-state index contributed by atoms with van der Waals surface area (Å²) in [6.07, 6.45) is 4.81. The van der Waals surface area contributed by atoms with E-state index in [1.165, 1.54) is 12.3 Å². The second-order valence-electron chi connectivity index (χ2n) is 7.30. The summed E-state index contributed by atoms with van der Waals surface area (Å²) in [4.78, 5) is 24.8. The van der Waals surface area contributed by atoms with Gasteiger partial charge in [0, 0.05) is 34.6 Å². The SMILES string of the molecule is Cc1c(-c2ccc(C(=O)O)cn2)nc2c(-c3ccc(-c4ccccc4)nc3)cnn2c1N. The average molecular weight is 422 g/mol. The molecule has 4 heterocycles. The summed E-state index contributed by atoms with van der Waals surface area (Å²) in [6, 6.07) is 17.0. The topological polar surface area (TPSA) is 119 Å². The van der Waals surface area contributed by atoms with Crippen LogP contribution in [0.15, 0.2) is 73.2 Å². The zero-order valence-electron chi connectivity index (χ0n) is 17.1. The summed E-state index contributed by atoms with van der Waals surface area (Å²) >= 11 is 0. The Kier molecular flexibility index (Phi) is 4.59. The van der Waals surface area contributed by atoms with Crippen molar-refractivity contribution in [2.45, 2.75) is 6.92 Å². The second-order valence-corrected chi connectivity index (χ2v) is 7.30. The maximum Gasteiger partial charge on any atom is 0.337 e. The van der Waals surface area contributed by atoms with E-state index in [1.54, 1.807) is 23.0 Å². The Hall–Kier alpha value is -4.59. The third kappa shape index (κ3) is 3.24. The van der Waals surface area contributed by atoms with E-state index in [9.17, 15) is 4.79 Å². The molecule has 0 spiro atoms. The van der Waals surface area contributed by atoms with Gasteiger partial charge in [-0.25, -0.2) is 9.78 Å². The molecular formula is C24H18N6O2. The molecule has 32 heavy (non-hydrogen) atoms. The normalized spacial score (nSPS) is 11.0. The number of anilines is 1. The Bertz CT molecular complexity index is 1440. The third-order valence-corrected chi connectivity index (χ3v) is 5.33. The van der Waals surface area contributed by atoms with Crippen molar-refractivity contribution in [1.29, 1.82) is 0 Å². The molecule has 5 rings (SSSR count). The van der Waals surface area contributed by atoms with Crippen molar-refractivity contribution < 1.29 is 9.90 Å². The molecule has 0 radical (unpaired) electrons. The molecule has 0 bridgehead atoms. The molecule has 0 saturated heterocycles. The first-order valence-corrected chi connectivity index (χ1v) is 9.88. The molecule has 3 N–H and O–H groups in total. The number of aromatic nitrogens is 5. The van der Waals surface area contributed by atoms with Crippen LogP contribution < -0.4 is 5.73 Å². The van der Waals surface area contributed by atoms with E-state index in [-0.39, 0.29) is 5.56 Å². The van der Waals surface area contributed by atoms with Gasteiger partial charge in [-0.2, -0.15) is 9.61 Å². The first kappa shape index (κ1) is 19.4. The third-order valence-electron chi connectivity index (χ3n) is 5.33. The highest BCUT2D eigenvalue weighted by Gasteiger charge is 2.17. The largest absolute Gasteiger partial charge is 0.478 e. The molecule has 0 aliphatic carbocycles. The fourth-order valence-electron chi connectivity index (χ4n) is 3.54. The minimum Gasteiger partial charge on any atom is -0.478 e. The van der Waals surface area contributed by atoms with Gasteiger partial charge in [-0.3, -0.25) is 9.97 Å². The highest BCUT2D eigenvalue weighted by atomic mass is 16.4. The Labute approximate surface area is 183 Å². The van der Waals surface area contributed by atoms with Crippen molar-refractivity contribution in [1.82, 2.24) is 24.6 Å². The summed E-state index contributed by atoms with van der Waals surface area (Å²) < 4.78 is 1.59. The van der Waals surface area contributed by atoms with Gasteiger partial charge in [-0.15, -0.1) is 0 Å². The van der Waals surface area contributed by atoms with Gasteiger partial charge in [-0.05, 0) is 25.1 Å². The van der Waals surface area contributed by atoms with Crippen LogP contribution in [-0.2, 0) is 0 Å². The number of aromatic carboxylic acids is 1. The molecule has 0 saturated carbocycles. The molecule has 8 heteroatoms. The molecule has 0 unspecified atom stereocenters. The van der Waals surface area contributed by atoms with E-state index in [0.717, 1.165) is 22.4 Å². The number of carbonyl (C=O) groups is 1. The highest BCUT2D eigenvalue weighted by molar-refractivity contribution is 5.88. The van der Waals surface area contributed by atoms with E-state index in [4.69, 9.17) is 15.8 Å². The summed E-state index contributed by atoms with van der Waals surface area (Å²) in [6.45, 7) is 1.83. The van der Waals surface area contributed by atoms with Crippen molar-refractivity contribution >= 4 is 17.4 Å². The van der Waals surface area contributed by atoms with Gasteiger partial charge in [0.15, 0.2) is 5.65 Å². The standard InChI is InChI=1S/C24H18N6O2/c1-14-21(20-10-8-17(12-27-20)24(31)32)29-23-18(13-28-30(23)22(14)25)16-7-9-19(26-11-16)15-5-3-2-4-6-15/h2-13H,25H2,1H3,(H,31,32). The van der Waals surface area contributed by atoms with Crippen LogP contribution in [0.3, 0.4) is 0 Å². The molecule has 1 aromatic carbocycles. The van der Waals surface area contributed by atoms with Crippen molar-refractivity contribution in [3.8, 4) is 33.8 Å². The maximum atomic E-state index is 11.1. The van der Waals surface area contributed by atoms with Crippen molar-refractivity contribution in [2.24, 2.45) is 0 Å². The lowest BCUT2D eigenvalue weighted by Crippen LogP contribution is -2.06. The molecule has 0 fully saturated rings. The minimum absolute atomic E-state index is 0.107. The predicted octanol–water partition coefficient (Wildman–Crippen LogP) is 4.11. The summed E-state index contributed by atoms with van der Waals surface area (Å²) in [5, 5.41) is 13.5. The Morgan fingerprint density at radius 1 is 0.906 bits per heavy atom. The number of nitrogens with zero attached hydrogens (tertiary/aromatic N) is 5. The zero-order valence-corrected chi connectivity index (χ0v) is 17.1. The van der Waals surface area contributed by atoms with Crippen molar-refractivity contribution in [3.05, 3.63) is 84.3 Å². The van der Waals surface area contributed by atoms with Crippen molar-refractivity contribution in [3.63, 3.8) is 0 Å². The number of carboxylic acids is 1. The predicted molar refractivity (Wildman–Crippen MR) is 121 cm³/mol. The monoisotopic (exact) mass is 422 g/mol. The van der Waals surface area contributed by atoms with Gasteiger partial charge in [0.25, 0.3) is 0 Å². The molecule has 8 nitrogen and oxygen atoms in total. The number of rotatable bonds is 4. The Morgan fingerprint density at radius 3 is 2.31 bits per heavy atom. The minimum atomic E-state index is -1.03. The number of fused-ring (bicyclic) bond motifs is 1. The molecule has 0 atom stereocenters. The van der Waals surface area contributed by atoms with Crippen LogP contribution in [0, 0.1) is 6.92 Å². The quantitative estimate of drug-likeness (QED) is 0.447. The van der Waals surface area contributed by atoms with Gasteiger partial charge >= 0.3 is 5.97 Å². The van der Waals surface area contributed by atoms with Crippen LogP contribution in [0.5, 0.6) is 0 Å². The number of benzene rings is 1. The lowest BCUT2D eigenvalue weighted by atomic mass is 10.1. The molecule has 4 aromatic heterocycles. The lowest BCUT2D eigenvalue weighted by molar-refractivity contribution is 0.0696. The highest BCUT2D eigenvalue weighted by Crippen LogP contribution is 2.31. The molecule has 156 valence electrons. The van der Waals surface area contributed by atoms with Crippen LogP contribution >= 0.6 is 0 Å². The molecule has 0 aliphatic heterocycles. The Balaban J connectivity index is 1.60. The number of carboxylic acid groups (broad SMARTS) is 1. The number of hydrogen-bond acceptors (Lipinski definition) is 6. The van der Waals surface area contributed by atoms with Gasteiger partial charge in [0.1, 0.15) is 5.82 Å². The lowest BCUT2D eigenvalue weighted by Gasteiger charge is -2.10. The zero-order chi connectivity index (χ0) is 22.2. The van der Waals surface area contributed by atoms with Crippen molar-refractivity contribution in [2.75, 3.05) is 5.73 Å². The number of pyridine rings is 2. The fourth-order valence-corrected chi connectivity index (χ4v) is 3.54. The van der Waals surface area contributed by atoms with Gasteiger partial charge in [0.2, 0.25) is 0 Å². The van der Waals surface area contributed by atoms with E-state index >= 15 is 0 Å². The smallest absolute Gasteiger partial charge is 0.337 e. The maximum absolute atomic E-state index is 11.1. The fraction of sp³-hybridized carbons (Fsp3) is 0.0417. The van der Waals surface area contributed by atoms with Crippen LogP contribution in [-0.4, -0.2) is 35.6 Å². The number of nitrogens with two attached hydrogens (primary N) is 1. The van der Waals surface area contributed by atoms with Gasteiger partial charge in [-0.1, -0.05) is 36.4 Å². The van der Waals surface area contributed by atoms with Crippen LogP contribution in [0.4, 0.5) is 5.82 Å². The van der Waals surface area contributed by atoms with E-state index in [1.807, 2.05) is 49.4 Å². The van der Waals surface area contributed by atoms with E-state index in [2.05, 4.69) is 15.1 Å². The molecule has 0 aliphatic rings. The van der Waals surface area contributed by atoms with E-state index in [0.29, 0.717) is 28.4 Å². The number of hydrogen-bond donors (Lipinski definition) is 2. The first-order valence-electron chi connectivity index (χ1n) is 9.88. The van der Waals surface area contributed by atoms with Gasteiger partial charge in [0.05, 0.1) is 28.8 Å². The molecular weight excluding hydrogens is 404 g/mol. The van der Waals surface area contributed by atoms with Crippen LogP contribution in [0.2, 0.25) is 0 Å². The molecule has 0 amide bonds. The second kappa shape index (κ2) is 7.59. The summed E-state index contributed by atoms with van der Waals surface area (Å²) in [7, 11) is 0. The number of nitrogen functional groups attached to an aromatic ring is 1. The summed E-state index contributed by atoms with van der Waals surface area (Å²) in [5.74, 6) is -0.595. The average Bonchev–Trinajstić information content (AvgIpc) is 3.26. The van der Waals surface area contributed by atoms with Crippen LogP contribution in [0.1, 0.15) is 15.9 Å².